The van der Waals surface area contributed by atoms with E-state index in [2.05, 4.69) is 26.6 Å². The highest BCUT2D eigenvalue weighted by Crippen LogP contribution is 2.45. The van der Waals surface area contributed by atoms with Crippen LogP contribution in [-0.4, -0.2) is 334 Å². The van der Waals surface area contributed by atoms with Crippen LogP contribution in [-0.2, 0) is 47.7 Å². The van der Waals surface area contributed by atoms with Crippen molar-refractivity contribution in [1.29, 1.82) is 0 Å². The molecule has 81 heavy (non-hydrogen) atoms. The second-order valence-corrected chi connectivity index (χ2v) is 20.4. The lowest BCUT2D eigenvalue weighted by atomic mass is 10.1. The quantitative estimate of drug-likeness (QED) is 0.0199. The molecular weight excluding hydrogens is 1110 g/mol. The van der Waals surface area contributed by atoms with E-state index in [-0.39, 0.29) is 78.3 Å². The van der Waals surface area contributed by atoms with Gasteiger partial charge in [0.2, 0.25) is 29.5 Å². The molecule has 0 aromatic carbocycles. The van der Waals surface area contributed by atoms with Crippen LogP contribution in [0.5, 0.6) is 0 Å². The molecule has 0 fully saturated rings. The number of hydrogen-bond donors (Lipinski definition) is 21. The third-order valence-electron chi connectivity index (χ3n) is 11.7. The van der Waals surface area contributed by atoms with Gasteiger partial charge in [-0.05, 0) is 19.8 Å². The molecule has 0 bridgehead atoms. The lowest BCUT2D eigenvalue weighted by Gasteiger charge is -2.34. The number of carboxylic acid groups (broad SMARTS) is 4. The molecule has 5 amide bonds. The molecule has 0 saturated heterocycles. The third kappa shape index (κ3) is 38.2. The second kappa shape index (κ2) is 40.9. The number of aliphatic hydroxyl groups is 8. The molecule has 4 atom stereocenters. The van der Waals surface area contributed by atoms with Gasteiger partial charge in [-0.1, -0.05) is 0 Å². The van der Waals surface area contributed by atoms with E-state index >= 15 is 0 Å². The molecular formula is C43H84N13O24P. The van der Waals surface area contributed by atoms with Crippen LogP contribution in [0, 0.1) is 0 Å². The molecule has 4 unspecified atom stereocenters. The van der Waals surface area contributed by atoms with Crippen molar-refractivity contribution in [2.24, 2.45) is 11.5 Å². The number of nitrogens with two attached hydrogens (primary N) is 2. The average Bonchev–Trinajstić information content (AvgIpc) is 3.32. The molecule has 37 nitrogen and oxygen atoms in total. The van der Waals surface area contributed by atoms with Crippen LogP contribution in [0.15, 0.2) is 0 Å². The zero-order valence-electron chi connectivity index (χ0n) is 44.9. The highest BCUT2D eigenvalue weighted by molar-refractivity contribution is 7.52. The Kier molecular flexibility index (Phi) is 38.2. The van der Waals surface area contributed by atoms with E-state index in [0.717, 1.165) is 14.7 Å². The summed E-state index contributed by atoms with van der Waals surface area (Å²) < 4.78 is 12.9. The van der Waals surface area contributed by atoms with E-state index in [9.17, 15) is 119 Å². The number of amides is 5. The topological polar surface area (TPSA) is 586 Å². The van der Waals surface area contributed by atoms with Gasteiger partial charge in [-0.15, -0.1) is 0 Å². The normalized spacial score (nSPS) is 13.6. The number of aliphatic hydroxyl groups excluding tert-OH is 4. The van der Waals surface area contributed by atoms with Crippen molar-refractivity contribution in [2.45, 2.75) is 88.1 Å². The van der Waals surface area contributed by atoms with Crippen molar-refractivity contribution in [3.05, 3.63) is 0 Å². The molecule has 23 N–H and O–H groups in total. The van der Waals surface area contributed by atoms with Gasteiger partial charge in [0.05, 0.1) is 32.8 Å². The zero-order valence-corrected chi connectivity index (χ0v) is 45.8. The summed E-state index contributed by atoms with van der Waals surface area (Å²) in [6, 6.07) is -3.23. The number of rotatable bonds is 48. The Bertz CT molecular complexity index is 1870. The van der Waals surface area contributed by atoms with Crippen LogP contribution in [0.1, 0.15) is 39.0 Å². The van der Waals surface area contributed by atoms with Gasteiger partial charge in [-0.2, -0.15) is 0 Å². The average molecular weight is 1200 g/mol. The lowest BCUT2D eigenvalue weighted by molar-refractivity contribution is -0.143. The van der Waals surface area contributed by atoms with Gasteiger partial charge in [0.15, 0.2) is 25.2 Å². The Balaban J connectivity index is 5.70. The predicted octanol–water partition coefficient (Wildman–Crippen LogP) is -11.6. The van der Waals surface area contributed by atoms with Crippen LogP contribution in [0.3, 0.4) is 0 Å². The fourth-order valence-corrected chi connectivity index (χ4v) is 8.98. The maximum Gasteiger partial charge on any atom is 0.342 e. The summed E-state index contributed by atoms with van der Waals surface area (Å²) in [5.74, 6) is -11.6. The maximum atomic E-state index is 13.1. The molecule has 0 radical (unpaired) electrons. The van der Waals surface area contributed by atoms with Crippen LogP contribution in [0.25, 0.3) is 0 Å². The van der Waals surface area contributed by atoms with Gasteiger partial charge in [0.25, 0.3) is 0 Å². The zero-order chi connectivity index (χ0) is 62.0. The summed E-state index contributed by atoms with van der Waals surface area (Å²) in [4.78, 5) is 138. The lowest BCUT2D eigenvalue weighted by Crippen LogP contribution is -2.54. The van der Waals surface area contributed by atoms with E-state index in [4.69, 9.17) is 11.5 Å². The van der Waals surface area contributed by atoms with Crippen molar-refractivity contribution in [3.8, 4) is 0 Å². The first kappa shape index (κ1) is 75.7. The number of aliphatic carboxylic acids is 4. The number of hydrogen-bond acceptors (Lipinski definition) is 26. The summed E-state index contributed by atoms with van der Waals surface area (Å²) in [6.45, 7) is -5.87. The molecule has 38 heteroatoms. The van der Waals surface area contributed by atoms with E-state index in [1.165, 1.54) is 9.80 Å². The van der Waals surface area contributed by atoms with Gasteiger partial charge in [-0.3, -0.25) is 77.1 Å². The Morgan fingerprint density at radius 1 is 0.481 bits per heavy atom. The Morgan fingerprint density at radius 3 is 1.25 bits per heavy atom. The molecule has 0 aliphatic heterocycles. The molecule has 0 rings (SSSR count). The van der Waals surface area contributed by atoms with Gasteiger partial charge < -0.3 is 109 Å². The van der Waals surface area contributed by atoms with E-state index in [1.54, 1.807) is 6.92 Å². The number of carboxylic acids is 4. The standard InChI is InChI=1S/C43H84N13O24P/c1-27(55(12-8-51(18-34(60)61)19-35(62)63)13-9-52(20-36(64)65)21-37(66)67)2-3-30(57)47-16-28(45)42(76)46-7-6-32(59)50-29(43(77)49-26-44)17-48-31(58)4-5-33(81(78,79)80)56(14-10-53(22-38(68)69)23-39(70)71)15-11-54(24-40(72)73)25-41(74)75/h27-29,33-37,60-67H,2-26,44-45H2,1H3,(H,46,76)(H,47,57)(H,48,58)(H,49,77)(H,50,59)(H,68,69)(H,70,71)(H,72,73)(H,74,75)(H2,78,79,80). The van der Waals surface area contributed by atoms with Gasteiger partial charge in [-0.25, -0.2) is 0 Å². The second-order valence-electron chi connectivity index (χ2n) is 18.6. The molecule has 0 saturated carbocycles. The summed E-state index contributed by atoms with van der Waals surface area (Å²) in [6.07, 6.45) is -8.92. The number of carbonyl (C=O) groups is 9. The molecule has 470 valence electrons. The number of carbonyl (C=O) groups excluding carboxylic acids is 5. The van der Waals surface area contributed by atoms with Crippen molar-refractivity contribution < 1.29 is 119 Å². The monoisotopic (exact) mass is 1200 g/mol. The first-order valence-corrected chi connectivity index (χ1v) is 27.0. The first-order valence-electron chi connectivity index (χ1n) is 25.3. The Labute approximate surface area is 465 Å². The number of nitrogens with zero attached hydrogens (tertiary/aromatic N) is 6. The molecule has 0 aromatic heterocycles. The van der Waals surface area contributed by atoms with Crippen molar-refractivity contribution in [3.63, 3.8) is 0 Å². The van der Waals surface area contributed by atoms with E-state index in [1.807, 2.05) is 4.90 Å². The SMILES string of the molecule is CC(CCC(=O)NCC(N)C(=O)NCCC(=O)NC(CNC(=O)CCC(N(CCN(CC(=O)O)CC(=O)O)CCN(CC(=O)O)CC(=O)O)P(=O)(O)O)C(=O)NCN)N(CCN(CC(O)O)CC(O)O)CCN(CC(O)O)CC(O)O. The molecule has 0 aromatic rings. The van der Waals surface area contributed by atoms with Gasteiger partial charge in [0.1, 0.15) is 17.9 Å². The van der Waals surface area contributed by atoms with Gasteiger partial charge >= 0.3 is 31.5 Å². The highest BCUT2D eigenvalue weighted by Gasteiger charge is 2.36. The predicted molar refractivity (Wildman–Crippen MR) is 277 cm³/mol. The summed E-state index contributed by atoms with van der Waals surface area (Å²) in [5.41, 5.74) is 11.4. The van der Waals surface area contributed by atoms with Crippen LogP contribution >= 0.6 is 7.60 Å². The largest absolute Gasteiger partial charge is 0.480 e. The Morgan fingerprint density at radius 2 is 0.864 bits per heavy atom. The van der Waals surface area contributed by atoms with Crippen molar-refractivity contribution in [2.75, 3.05) is 131 Å². The summed E-state index contributed by atoms with van der Waals surface area (Å²) in [5, 5.41) is 125. The van der Waals surface area contributed by atoms with Crippen LogP contribution in [0.2, 0.25) is 0 Å². The van der Waals surface area contributed by atoms with E-state index in [0.29, 0.717) is 0 Å². The molecule has 0 heterocycles. The minimum atomic E-state index is -5.26. The minimum Gasteiger partial charge on any atom is -0.480 e. The fraction of sp³-hybridized carbons (Fsp3) is 0.791. The minimum absolute atomic E-state index is 0.0748. The molecule has 0 aliphatic carbocycles. The number of nitrogens with one attached hydrogen (secondary N) is 5. The summed E-state index contributed by atoms with van der Waals surface area (Å²) in [7, 11) is -5.26. The van der Waals surface area contributed by atoms with Crippen molar-refractivity contribution in [1.82, 2.24) is 56.0 Å². The highest BCUT2D eigenvalue weighted by atomic mass is 31.2. The van der Waals surface area contributed by atoms with Gasteiger partial charge in [0, 0.05) is 123 Å². The smallest absolute Gasteiger partial charge is 0.342 e. The fourth-order valence-electron chi connectivity index (χ4n) is 7.86. The maximum absolute atomic E-state index is 13.1. The first-order chi connectivity index (χ1) is 37.7. The van der Waals surface area contributed by atoms with E-state index < -0.39 is 195 Å². The van der Waals surface area contributed by atoms with Crippen LogP contribution in [0.4, 0.5) is 0 Å². The van der Waals surface area contributed by atoms with Crippen molar-refractivity contribution >= 4 is 61.0 Å². The third-order valence-corrected chi connectivity index (χ3v) is 13.1. The van der Waals surface area contributed by atoms with Crippen LogP contribution < -0.4 is 38.1 Å². The molecule has 0 aliphatic rings. The Hall–Kier alpha value is -5.26. The summed E-state index contributed by atoms with van der Waals surface area (Å²) >= 11 is 0. The molecule has 0 spiro atoms.